The van der Waals surface area contributed by atoms with Gasteiger partial charge in [0.2, 0.25) is 0 Å². The molecule has 0 aliphatic heterocycles. The van der Waals surface area contributed by atoms with Crippen molar-refractivity contribution in [2.24, 2.45) is 0 Å². The first-order chi connectivity index (χ1) is 10.2. The van der Waals surface area contributed by atoms with Crippen molar-refractivity contribution in [1.29, 1.82) is 0 Å². The molecular formula is C17H17Cl2CrN. The first-order valence-electron chi connectivity index (χ1n) is 6.77. The Hall–Kier alpha value is -0.778. The standard InChI is InChI=1S/C17H17N.2ClH.Cr/c1-12-13(2)17(11-14-7-5-6-10-18-14)16-9-4-3-8-15(12)16;;;/h3-10,12H,11H2,1-2H3;2*1H;/q;;;+2/p-2. The van der Waals surface area contributed by atoms with E-state index in [1.54, 1.807) is 0 Å². The Morgan fingerprint density at radius 3 is 2.43 bits per heavy atom. The molecule has 1 atom stereocenters. The summed E-state index contributed by atoms with van der Waals surface area (Å²) < 4.78 is 0. The molecule has 0 N–H and O–H groups in total. The summed E-state index contributed by atoms with van der Waals surface area (Å²) in [6, 6.07) is 14.9. The molecule has 21 heavy (non-hydrogen) atoms. The summed E-state index contributed by atoms with van der Waals surface area (Å²) in [5.41, 5.74) is 6.96. The number of hydrogen-bond acceptors (Lipinski definition) is 1. The molecule has 0 amide bonds. The minimum absolute atomic E-state index is 0.181. The van der Waals surface area contributed by atoms with Crippen LogP contribution in [0.15, 0.2) is 54.2 Å². The van der Waals surface area contributed by atoms with Crippen molar-refractivity contribution in [3.05, 3.63) is 71.1 Å². The predicted octanol–water partition coefficient (Wildman–Crippen LogP) is 5.59. The number of pyridine rings is 1. The van der Waals surface area contributed by atoms with Gasteiger partial charge in [-0.25, -0.2) is 0 Å². The Balaban J connectivity index is 0.000000497. The third kappa shape index (κ3) is 3.90. The molecule has 0 saturated carbocycles. The third-order valence-electron chi connectivity index (χ3n) is 3.96. The topological polar surface area (TPSA) is 12.9 Å². The molecule has 1 heterocycles. The van der Waals surface area contributed by atoms with Gasteiger partial charge in [-0.15, -0.1) is 0 Å². The maximum absolute atomic E-state index is 4.83. The van der Waals surface area contributed by atoms with Gasteiger partial charge in [0.15, 0.2) is 0 Å². The van der Waals surface area contributed by atoms with Gasteiger partial charge in [-0.3, -0.25) is 4.98 Å². The Morgan fingerprint density at radius 1 is 1.10 bits per heavy atom. The fourth-order valence-electron chi connectivity index (χ4n) is 2.77. The fraction of sp³-hybridized carbons (Fsp3) is 0.235. The first-order valence-corrected chi connectivity index (χ1v) is 10.3. The first kappa shape index (κ1) is 16.6. The van der Waals surface area contributed by atoms with Crippen LogP contribution in [0.25, 0.3) is 5.57 Å². The summed E-state index contributed by atoms with van der Waals surface area (Å²) in [6.07, 6.45) is 2.81. The molecule has 0 radical (unpaired) electrons. The van der Waals surface area contributed by atoms with Crippen molar-refractivity contribution >= 4 is 25.7 Å². The van der Waals surface area contributed by atoms with Crippen LogP contribution in [0, 0.1) is 0 Å². The van der Waals surface area contributed by atoms with E-state index >= 15 is 0 Å². The van der Waals surface area contributed by atoms with Gasteiger partial charge >= 0.3 is 33.5 Å². The summed E-state index contributed by atoms with van der Waals surface area (Å²) in [6.45, 7) is 4.54. The van der Waals surface area contributed by atoms with Crippen LogP contribution >= 0.6 is 20.1 Å². The Kier molecular flexibility index (Phi) is 6.33. The molecule has 4 heteroatoms. The van der Waals surface area contributed by atoms with Gasteiger partial charge in [0, 0.05) is 24.2 Å². The summed E-state index contributed by atoms with van der Waals surface area (Å²) in [5.74, 6) is 0.542. The zero-order valence-corrected chi connectivity index (χ0v) is 14.8. The van der Waals surface area contributed by atoms with Crippen LogP contribution in [-0.4, -0.2) is 4.98 Å². The monoisotopic (exact) mass is 357 g/mol. The molecule has 110 valence electrons. The van der Waals surface area contributed by atoms with Crippen molar-refractivity contribution in [2.45, 2.75) is 26.2 Å². The van der Waals surface area contributed by atoms with Gasteiger partial charge in [-0.05, 0) is 35.8 Å². The third-order valence-corrected chi connectivity index (χ3v) is 3.96. The zero-order chi connectivity index (χ0) is 15.2. The minimum atomic E-state index is -0.181. The van der Waals surface area contributed by atoms with E-state index in [1.165, 1.54) is 22.3 Å². The van der Waals surface area contributed by atoms with Crippen LogP contribution in [0.5, 0.6) is 0 Å². The SMILES string of the molecule is CC1=C(Cc2ccccn2)c2ccccc2C1C.[Cl][Cr][Cl]. The Morgan fingerprint density at radius 2 is 1.76 bits per heavy atom. The number of halogens is 2. The number of nitrogens with zero attached hydrogens (tertiary/aromatic N) is 1. The zero-order valence-electron chi connectivity index (χ0n) is 12.0. The van der Waals surface area contributed by atoms with Gasteiger partial charge in [-0.2, -0.15) is 0 Å². The van der Waals surface area contributed by atoms with Crippen LogP contribution < -0.4 is 0 Å². The quantitative estimate of drug-likeness (QED) is 0.682. The molecular weight excluding hydrogens is 341 g/mol. The fourth-order valence-corrected chi connectivity index (χ4v) is 2.77. The van der Waals surface area contributed by atoms with E-state index in [4.69, 9.17) is 20.1 Å². The number of rotatable bonds is 2. The summed E-state index contributed by atoms with van der Waals surface area (Å²) >= 11 is -0.181. The normalized spacial score (nSPS) is 16.3. The van der Waals surface area contributed by atoms with Gasteiger partial charge in [0.05, 0.1) is 0 Å². The Labute approximate surface area is 141 Å². The van der Waals surface area contributed by atoms with Crippen molar-refractivity contribution in [2.75, 3.05) is 0 Å². The van der Waals surface area contributed by atoms with Crippen LogP contribution in [-0.2, 0) is 19.8 Å². The van der Waals surface area contributed by atoms with E-state index in [9.17, 15) is 0 Å². The van der Waals surface area contributed by atoms with Crippen LogP contribution in [0.4, 0.5) is 0 Å². The molecule has 3 rings (SSSR count). The molecule has 2 aromatic rings. The summed E-state index contributed by atoms with van der Waals surface area (Å²) in [4.78, 5) is 4.44. The van der Waals surface area contributed by atoms with E-state index in [2.05, 4.69) is 55.2 Å². The van der Waals surface area contributed by atoms with E-state index in [1.807, 2.05) is 12.3 Å². The van der Waals surface area contributed by atoms with Crippen molar-refractivity contribution in [1.82, 2.24) is 4.98 Å². The average molecular weight is 358 g/mol. The molecule has 1 aromatic heterocycles. The van der Waals surface area contributed by atoms with Gasteiger partial charge < -0.3 is 0 Å². The van der Waals surface area contributed by atoms with E-state index in [-0.39, 0.29) is 13.4 Å². The second kappa shape index (κ2) is 8.01. The average Bonchev–Trinajstić information content (AvgIpc) is 2.75. The summed E-state index contributed by atoms with van der Waals surface area (Å²) in [5, 5.41) is 0. The van der Waals surface area contributed by atoms with Gasteiger partial charge in [0.1, 0.15) is 0 Å². The van der Waals surface area contributed by atoms with E-state index in [0.717, 1.165) is 12.1 Å². The van der Waals surface area contributed by atoms with Crippen molar-refractivity contribution < 1.29 is 13.4 Å². The second-order valence-electron chi connectivity index (χ2n) is 5.03. The number of benzene rings is 1. The Bertz CT molecular complexity index is 626. The summed E-state index contributed by atoms with van der Waals surface area (Å²) in [7, 11) is 9.65. The van der Waals surface area contributed by atoms with E-state index < -0.39 is 0 Å². The maximum atomic E-state index is 4.83. The molecule has 1 aliphatic rings. The molecule has 0 saturated heterocycles. The van der Waals surface area contributed by atoms with Gasteiger partial charge in [-0.1, -0.05) is 42.8 Å². The molecule has 0 spiro atoms. The number of fused-ring (bicyclic) bond motifs is 1. The molecule has 1 aromatic carbocycles. The van der Waals surface area contributed by atoms with Crippen molar-refractivity contribution in [3.63, 3.8) is 0 Å². The molecule has 0 bridgehead atoms. The number of allylic oxidation sites excluding steroid dienone is 2. The van der Waals surface area contributed by atoms with Crippen molar-refractivity contribution in [3.8, 4) is 0 Å². The molecule has 1 aliphatic carbocycles. The molecule has 1 unspecified atom stereocenters. The molecule has 0 fully saturated rings. The predicted molar refractivity (Wildman–Crippen MR) is 87.1 cm³/mol. The van der Waals surface area contributed by atoms with E-state index in [0.29, 0.717) is 5.92 Å². The van der Waals surface area contributed by atoms with Crippen LogP contribution in [0.3, 0.4) is 0 Å². The second-order valence-corrected chi connectivity index (χ2v) is 7.13. The molecule has 1 nitrogen and oxygen atoms in total. The number of aromatic nitrogens is 1. The van der Waals surface area contributed by atoms with Crippen LogP contribution in [0.1, 0.15) is 36.6 Å². The van der Waals surface area contributed by atoms with Crippen LogP contribution in [0.2, 0.25) is 0 Å². The number of hydrogen-bond donors (Lipinski definition) is 0. The van der Waals surface area contributed by atoms with Gasteiger partial charge in [0.25, 0.3) is 0 Å².